The van der Waals surface area contributed by atoms with Gasteiger partial charge in [0, 0.05) is 0 Å². The molecule has 1 N–H and O–H groups in total. The van der Waals surface area contributed by atoms with Crippen molar-refractivity contribution in [3.05, 3.63) is 104 Å². The van der Waals surface area contributed by atoms with Gasteiger partial charge >= 0.3 is 0 Å². The number of hydrogen-bond acceptors (Lipinski definition) is 5. The Morgan fingerprint density at radius 1 is 1.06 bits per heavy atom. The minimum absolute atomic E-state index is 0.244. The van der Waals surface area contributed by atoms with Gasteiger partial charge in [-0.3, -0.25) is 4.79 Å². The van der Waals surface area contributed by atoms with E-state index in [1.54, 1.807) is 25.3 Å². The summed E-state index contributed by atoms with van der Waals surface area (Å²) in [7, 11) is 1.59. The van der Waals surface area contributed by atoms with Crippen molar-refractivity contribution in [1.82, 2.24) is 5.32 Å². The van der Waals surface area contributed by atoms with E-state index in [1.165, 1.54) is 23.9 Å². The van der Waals surface area contributed by atoms with E-state index in [9.17, 15) is 9.18 Å². The van der Waals surface area contributed by atoms with E-state index in [-0.39, 0.29) is 11.7 Å². The Kier molecular flexibility index (Phi) is 7.24. The van der Waals surface area contributed by atoms with Crippen LogP contribution in [0.3, 0.4) is 0 Å². The molecular weight excluding hydrogens is 590 g/mol. The van der Waals surface area contributed by atoms with Crippen LogP contribution in [0.1, 0.15) is 11.1 Å². The lowest BCUT2D eigenvalue weighted by molar-refractivity contribution is -0.115. The third-order valence-corrected chi connectivity index (χ3v) is 7.22. The third-order valence-electron chi connectivity index (χ3n) is 5.51. The van der Waals surface area contributed by atoms with Crippen LogP contribution in [0.25, 0.3) is 16.8 Å². The predicted molar refractivity (Wildman–Crippen MR) is 151 cm³/mol. The minimum Gasteiger partial charge on any atom is -0.493 e. The third kappa shape index (κ3) is 5.39. The fourth-order valence-corrected chi connectivity index (χ4v) is 5.42. The van der Waals surface area contributed by atoms with E-state index < -0.39 is 0 Å². The summed E-state index contributed by atoms with van der Waals surface area (Å²) < 4.78 is 25.8. The molecule has 0 aliphatic carbocycles. The summed E-state index contributed by atoms with van der Waals surface area (Å²) in [6.45, 7) is 0.398. The van der Waals surface area contributed by atoms with Gasteiger partial charge in [0.2, 0.25) is 0 Å². The van der Waals surface area contributed by atoms with Crippen LogP contribution >= 0.6 is 34.4 Å². The highest BCUT2D eigenvalue weighted by molar-refractivity contribution is 14.1. The monoisotopic (exact) mass is 610 g/mol. The van der Waals surface area contributed by atoms with Gasteiger partial charge in [0.25, 0.3) is 5.91 Å². The number of halogens is 2. The molecule has 0 unspecified atom stereocenters. The Morgan fingerprint density at radius 2 is 1.83 bits per heavy atom. The van der Waals surface area contributed by atoms with Crippen molar-refractivity contribution < 1.29 is 18.7 Å². The molecule has 1 aliphatic heterocycles. The molecule has 0 aromatic heterocycles. The summed E-state index contributed by atoms with van der Waals surface area (Å²) in [5, 5.41) is 5.50. The Bertz CT molecular complexity index is 1510. The Hall–Kier alpha value is -3.37. The van der Waals surface area contributed by atoms with E-state index in [0.29, 0.717) is 33.9 Å². The second kappa shape index (κ2) is 10.7. The van der Waals surface area contributed by atoms with E-state index in [0.717, 1.165) is 25.5 Å². The van der Waals surface area contributed by atoms with E-state index >= 15 is 0 Å². The second-order valence-electron chi connectivity index (χ2n) is 7.92. The van der Waals surface area contributed by atoms with Crippen LogP contribution in [-0.2, 0) is 11.4 Å². The zero-order valence-corrected chi connectivity index (χ0v) is 22.1. The van der Waals surface area contributed by atoms with E-state index in [2.05, 4.69) is 57.2 Å². The molecule has 0 bridgehead atoms. The standard InChI is InChI=1S/C28H20FIN2O3S/c1-34-24-14-17(15-25-27(33)32-28(36-25)31-21-11-9-20(29)10-12-21)13-23(30)26(24)35-16-19-7-4-6-18-5-2-3-8-22(18)19/h2-15H,16H2,1H3,(H,31,32,33)/b25-15+. The quantitative estimate of drug-likeness (QED) is 0.188. The SMILES string of the molecule is COc1cc(/C=C2/SC(=Nc3ccc(F)cc3)NC2=O)cc(I)c1OCc1cccc2ccccc12. The highest BCUT2D eigenvalue weighted by Gasteiger charge is 2.24. The number of hydrogen-bond donors (Lipinski definition) is 1. The van der Waals surface area contributed by atoms with Gasteiger partial charge in [-0.15, -0.1) is 0 Å². The van der Waals surface area contributed by atoms with Gasteiger partial charge in [-0.1, -0.05) is 42.5 Å². The zero-order chi connectivity index (χ0) is 25.1. The number of amides is 1. The molecule has 1 aliphatic rings. The van der Waals surface area contributed by atoms with Crippen molar-refractivity contribution in [3.63, 3.8) is 0 Å². The topological polar surface area (TPSA) is 59.9 Å². The molecule has 1 fully saturated rings. The number of ether oxygens (including phenoxy) is 2. The van der Waals surface area contributed by atoms with Gasteiger partial charge in [-0.05, 0) is 98.7 Å². The molecule has 36 heavy (non-hydrogen) atoms. The number of methoxy groups -OCH3 is 1. The van der Waals surface area contributed by atoms with Crippen molar-refractivity contribution in [1.29, 1.82) is 0 Å². The predicted octanol–water partition coefficient (Wildman–Crippen LogP) is 7.06. The van der Waals surface area contributed by atoms with Crippen molar-refractivity contribution in [3.8, 4) is 11.5 Å². The first kappa shape index (κ1) is 24.3. The first-order valence-corrected chi connectivity index (χ1v) is 12.9. The number of aliphatic imine (C=N–C) groups is 1. The normalized spacial score (nSPS) is 15.5. The molecule has 1 heterocycles. The highest BCUT2D eigenvalue weighted by atomic mass is 127. The maximum absolute atomic E-state index is 13.1. The van der Waals surface area contributed by atoms with Crippen molar-refractivity contribution in [2.45, 2.75) is 6.61 Å². The van der Waals surface area contributed by atoms with Crippen molar-refractivity contribution >= 4 is 68.0 Å². The maximum atomic E-state index is 13.1. The highest BCUT2D eigenvalue weighted by Crippen LogP contribution is 2.37. The fourth-order valence-electron chi connectivity index (χ4n) is 3.80. The van der Waals surface area contributed by atoms with Gasteiger partial charge in [0.1, 0.15) is 12.4 Å². The minimum atomic E-state index is -0.337. The molecule has 5 rings (SSSR count). The number of nitrogens with zero attached hydrogens (tertiary/aromatic N) is 1. The lowest BCUT2D eigenvalue weighted by Crippen LogP contribution is -2.19. The molecule has 0 spiro atoms. The Morgan fingerprint density at radius 3 is 2.64 bits per heavy atom. The summed E-state index contributed by atoms with van der Waals surface area (Å²) in [6, 6.07) is 23.9. The Balaban J connectivity index is 1.36. The number of benzene rings is 4. The van der Waals surface area contributed by atoms with E-state index in [1.807, 2.05) is 30.3 Å². The average Bonchev–Trinajstić information content (AvgIpc) is 3.22. The summed E-state index contributed by atoms with van der Waals surface area (Å²) in [5.41, 5.74) is 2.45. The van der Waals surface area contributed by atoms with Crippen LogP contribution in [-0.4, -0.2) is 18.2 Å². The number of rotatable bonds is 6. The molecular formula is C28H20FIN2O3S. The lowest BCUT2D eigenvalue weighted by Gasteiger charge is -2.15. The van der Waals surface area contributed by atoms with Crippen LogP contribution in [0.4, 0.5) is 10.1 Å². The largest absolute Gasteiger partial charge is 0.493 e. The number of thioether (sulfide) groups is 1. The summed E-state index contributed by atoms with van der Waals surface area (Å²) in [6.07, 6.45) is 1.78. The molecule has 4 aromatic rings. The second-order valence-corrected chi connectivity index (χ2v) is 10.1. The first-order chi connectivity index (χ1) is 17.5. The molecule has 1 saturated heterocycles. The van der Waals surface area contributed by atoms with E-state index in [4.69, 9.17) is 9.47 Å². The Labute approximate surface area is 225 Å². The molecule has 5 nitrogen and oxygen atoms in total. The lowest BCUT2D eigenvalue weighted by atomic mass is 10.1. The molecule has 8 heteroatoms. The summed E-state index contributed by atoms with van der Waals surface area (Å²) >= 11 is 3.44. The van der Waals surface area contributed by atoms with Gasteiger partial charge in [-0.25, -0.2) is 9.38 Å². The van der Waals surface area contributed by atoms with Gasteiger partial charge in [0.15, 0.2) is 16.7 Å². The molecule has 0 atom stereocenters. The van der Waals surface area contributed by atoms with Crippen LogP contribution < -0.4 is 14.8 Å². The number of carbonyl (C=O) groups is 1. The van der Waals surface area contributed by atoms with Gasteiger partial charge in [0.05, 0.1) is 21.3 Å². The van der Waals surface area contributed by atoms with Crippen LogP contribution in [0, 0.1) is 9.39 Å². The fraction of sp³-hybridized carbons (Fsp3) is 0.0714. The number of carbonyl (C=O) groups excluding carboxylic acids is 1. The molecule has 1 amide bonds. The molecule has 0 saturated carbocycles. The number of fused-ring (bicyclic) bond motifs is 1. The van der Waals surface area contributed by atoms with Crippen LogP contribution in [0.2, 0.25) is 0 Å². The molecule has 180 valence electrons. The smallest absolute Gasteiger partial charge is 0.264 e. The number of amidine groups is 1. The summed E-state index contributed by atoms with van der Waals surface area (Å²) in [5.74, 6) is 0.648. The average molecular weight is 610 g/mol. The summed E-state index contributed by atoms with van der Waals surface area (Å²) in [4.78, 5) is 17.4. The van der Waals surface area contributed by atoms with Crippen molar-refractivity contribution in [2.24, 2.45) is 4.99 Å². The maximum Gasteiger partial charge on any atom is 0.264 e. The number of nitrogens with one attached hydrogen (secondary N) is 1. The van der Waals surface area contributed by atoms with Crippen molar-refractivity contribution in [2.75, 3.05) is 7.11 Å². The first-order valence-electron chi connectivity index (χ1n) is 11.0. The molecule has 0 radical (unpaired) electrons. The van der Waals surface area contributed by atoms with Crippen LogP contribution in [0.15, 0.2) is 88.8 Å². The molecule has 4 aromatic carbocycles. The van der Waals surface area contributed by atoms with Gasteiger partial charge in [-0.2, -0.15) is 0 Å². The zero-order valence-electron chi connectivity index (χ0n) is 19.1. The van der Waals surface area contributed by atoms with Crippen LogP contribution in [0.5, 0.6) is 11.5 Å². The van der Waals surface area contributed by atoms with Gasteiger partial charge < -0.3 is 14.8 Å².